The zero-order valence-corrected chi connectivity index (χ0v) is 14.7. The Bertz CT molecular complexity index is 480. The molecule has 0 fully saturated rings. The van der Waals surface area contributed by atoms with E-state index in [1.165, 1.54) is 6.92 Å². The van der Waals surface area contributed by atoms with E-state index in [-0.39, 0.29) is 42.4 Å². The van der Waals surface area contributed by atoms with Gasteiger partial charge in [0.25, 0.3) is 5.85 Å². The van der Waals surface area contributed by atoms with Crippen LogP contribution in [0.4, 0.5) is 35.1 Å². The van der Waals surface area contributed by atoms with Crippen molar-refractivity contribution in [3.8, 4) is 0 Å². The van der Waals surface area contributed by atoms with Gasteiger partial charge >= 0.3 is 47.6 Å². The molecule has 0 amide bonds. The topological polar surface area (TPSA) is 66.4 Å². The van der Waals surface area contributed by atoms with Crippen LogP contribution in [0.2, 0.25) is 0 Å². The number of alkyl halides is 8. The quantitative estimate of drug-likeness (QED) is 0.200. The number of unbranched alkanes of at least 4 members (excludes halogenated alkanes) is 2. The zero-order valence-electron chi connectivity index (χ0n) is 11.9. The number of hydrogen-bond acceptors (Lipinski definition) is 4. The van der Waals surface area contributed by atoms with Crippen LogP contribution in [0.1, 0.15) is 32.6 Å². The smallest absolute Gasteiger partial charge is 0.725 e. The minimum atomic E-state index is -6.95. The SMILES string of the molecule is CCCCCC(F)(OS(=O)(=O)[O-])C(F)(F)C(F)(F)C(F)(F)F.[Na+]. The summed E-state index contributed by atoms with van der Waals surface area (Å²) >= 11 is 0. The van der Waals surface area contributed by atoms with Gasteiger partial charge in [0.05, 0.1) is 0 Å². The fourth-order valence-corrected chi connectivity index (χ4v) is 1.94. The third-order valence-corrected chi connectivity index (χ3v) is 3.02. The Morgan fingerprint density at radius 3 is 1.65 bits per heavy atom. The van der Waals surface area contributed by atoms with Gasteiger partial charge in [-0.1, -0.05) is 19.8 Å². The molecule has 0 heterocycles. The third kappa shape index (κ3) is 5.96. The van der Waals surface area contributed by atoms with Gasteiger partial charge in [0.2, 0.25) is 10.4 Å². The molecule has 0 N–H and O–H groups in total. The van der Waals surface area contributed by atoms with Gasteiger partial charge in [-0.3, -0.25) is 0 Å². The van der Waals surface area contributed by atoms with Crippen molar-refractivity contribution < 1.29 is 81.8 Å². The first kappa shape index (κ1) is 25.5. The third-order valence-electron chi connectivity index (χ3n) is 2.56. The van der Waals surface area contributed by atoms with Crippen LogP contribution in [0, 0.1) is 0 Å². The summed E-state index contributed by atoms with van der Waals surface area (Å²) in [6.45, 7) is 1.45. The van der Waals surface area contributed by atoms with Crippen LogP contribution in [-0.4, -0.2) is 36.8 Å². The van der Waals surface area contributed by atoms with Gasteiger partial charge in [0.15, 0.2) is 0 Å². The average Bonchev–Trinajstić information content (AvgIpc) is 2.24. The van der Waals surface area contributed by atoms with E-state index in [1.807, 2.05) is 0 Å². The standard InChI is InChI=1S/C9H12F8O4S.Na/c1-2-3-4-5-6(10,21-22(18,19)20)7(11,12)8(13,14)9(15,16)17;/h2-5H2,1H3,(H,18,19,20);/q;+1/p-1. The molecule has 1 unspecified atom stereocenters. The summed E-state index contributed by atoms with van der Waals surface area (Å²) < 4.78 is 136. The van der Waals surface area contributed by atoms with Crippen LogP contribution in [0.5, 0.6) is 0 Å². The maximum atomic E-state index is 13.9. The van der Waals surface area contributed by atoms with E-state index in [2.05, 4.69) is 4.18 Å². The molecular formula is C9H11F8NaO4S. The molecule has 0 aliphatic rings. The summed E-state index contributed by atoms with van der Waals surface area (Å²) in [5.41, 5.74) is 0. The second-order valence-electron chi connectivity index (χ2n) is 4.32. The van der Waals surface area contributed by atoms with Crippen molar-refractivity contribution in [1.82, 2.24) is 0 Å². The Balaban J connectivity index is 0. The molecule has 4 nitrogen and oxygen atoms in total. The van der Waals surface area contributed by atoms with Crippen LogP contribution < -0.4 is 29.6 Å². The van der Waals surface area contributed by atoms with Crippen molar-refractivity contribution in [1.29, 1.82) is 0 Å². The molecule has 0 bridgehead atoms. The molecule has 0 aromatic rings. The number of halogens is 8. The van der Waals surface area contributed by atoms with Gasteiger partial charge in [-0.2, -0.15) is 30.7 Å². The van der Waals surface area contributed by atoms with Crippen molar-refractivity contribution in [2.24, 2.45) is 0 Å². The maximum absolute atomic E-state index is 13.9. The molecule has 0 spiro atoms. The molecule has 0 aliphatic carbocycles. The van der Waals surface area contributed by atoms with Crippen molar-refractivity contribution in [2.45, 2.75) is 56.5 Å². The van der Waals surface area contributed by atoms with Crippen LogP contribution >= 0.6 is 0 Å². The monoisotopic (exact) mass is 390 g/mol. The first-order valence-corrected chi connectivity index (χ1v) is 7.03. The van der Waals surface area contributed by atoms with E-state index >= 15 is 0 Å². The van der Waals surface area contributed by atoms with Gasteiger partial charge in [-0.05, 0) is 6.42 Å². The predicted octanol–water partition coefficient (Wildman–Crippen LogP) is 0.546. The van der Waals surface area contributed by atoms with Crippen LogP contribution in [0.3, 0.4) is 0 Å². The van der Waals surface area contributed by atoms with Crippen molar-refractivity contribution in [3.63, 3.8) is 0 Å². The minimum Gasteiger partial charge on any atom is -0.725 e. The summed E-state index contributed by atoms with van der Waals surface area (Å²) in [6.07, 6.45) is -9.36. The molecule has 0 aromatic carbocycles. The molecule has 0 saturated heterocycles. The van der Waals surface area contributed by atoms with Crippen molar-refractivity contribution >= 4 is 10.4 Å². The van der Waals surface area contributed by atoms with Gasteiger partial charge in [0, 0.05) is 6.42 Å². The fourth-order valence-electron chi connectivity index (χ4n) is 1.43. The Morgan fingerprint density at radius 2 is 1.35 bits per heavy atom. The van der Waals surface area contributed by atoms with E-state index in [0.29, 0.717) is 0 Å². The first-order valence-electron chi connectivity index (χ1n) is 5.69. The molecule has 134 valence electrons. The van der Waals surface area contributed by atoms with E-state index in [9.17, 15) is 48.1 Å². The average molecular weight is 390 g/mol. The van der Waals surface area contributed by atoms with E-state index in [4.69, 9.17) is 0 Å². The molecule has 0 aliphatic heterocycles. The second kappa shape index (κ2) is 8.13. The van der Waals surface area contributed by atoms with Crippen molar-refractivity contribution in [3.05, 3.63) is 0 Å². The maximum Gasteiger partial charge on any atom is 1.00 e. The first-order chi connectivity index (χ1) is 9.52. The number of hydrogen-bond donors (Lipinski definition) is 0. The largest absolute Gasteiger partial charge is 1.00 e. The Labute approximate surface area is 148 Å². The molecule has 0 saturated carbocycles. The molecule has 0 aromatic heterocycles. The van der Waals surface area contributed by atoms with Crippen LogP contribution in [0.15, 0.2) is 0 Å². The molecule has 0 radical (unpaired) electrons. The summed E-state index contributed by atoms with van der Waals surface area (Å²) in [5, 5.41) is 0. The molecule has 14 heteroatoms. The van der Waals surface area contributed by atoms with Crippen LogP contribution in [0.25, 0.3) is 0 Å². The molecule has 0 rings (SSSR count). The van der Waals surface area contributed by atoms with Gasteiger partial charge in [-0.25, -0.2) is 17.0 Å². The summed E-state index contributed by atoms with van der Waals surface area (Å²) in [5.74, 6) is -18.9. The molecule has 1 atom stereocenters. The Hall–Kier alpha value is 0.310. The Kier molecular flexibility index (Phi) is 9.03. The van der Waals surface area contributed by atoms with E-state index < -0.39 is 47.1 Å². The zero-order chi connectivity index (χ0) is 18.0. The van der Waals surface area contributed by atoms with Gasteiger partial charge in [0.1, 0.15) is 0 Å². The summed E-state index contributed by atoms with van der Waals surface area (Å²) in [6, 6.07) is 0. The van der Waals surface area contributed by atoms with Crippen molar-refractivity contribution in [2.75, 3.05) is 0 Å². The van der Waals surface area contributed by atoms with Gasteiger partial charge < -0.3 is 4.55 Å². The van der Waals surface area contributed by atoms with Gasteiger partial charge in [-0.15, -0.1) is 0 Å². The van der Waals surface area contributed by atoms with E-state index in [1.54, 1.807) is 0 Å². The second-order valence-corrected chi connectivity index (χ2v) is 5.31. The minimum absolute atomic E-state index is 0. The summed E-state index contributed by atoms with van der Waals surface area (Å²) in [4.78, 5) is 0. The van der Waals surface area contributed by atoms with Crippen LogP contribution in [-0.2, 0) is 14.6 Å². The molecule has 23 heavy (non-hydrogen) atoms. The Morgan fingerprint density at radius 1 is 0.913 bits per heavy atom. The van der Waals surface area contributed by atoms with E-state index in [0.717, 1.165) is 0 Å². The normalized spacial score (nSPS) is 16.6. The fraction of sp³-hybridized carbons (Fsp3) is 1.00. The molecular weight excluding hydrogens is 379 g/mol. The summed E-state index contributed by atoms with van der Waals surface area (Å²) in [7, 11) is -6.31. The predicted molar refractivity (Wildman–Crippen MR) is 54.7 cm³/mol. The number of rotatable bonds is 8.